The molecule has 15 heavy (non-hydrogen) atoms. The molecule has 0 aliphatic carbocycles. The number of aromatic nitrogens is 2. The molecule has 0 spiro atoms. The molecular formula is C9H12N2O4. The van der Waals surface area contributed by atoms with Crippen molar-refractivity contribution in [1.29, 1.82) is 0 Å². The summed E-state index contributed by atoms with van der Waals surface area (Å²) in [6, 6.07) is 0. The summed E-state index contributed by atoms with van der Waals surface area (Å²) in [5, 5.41) is 9.82. The minimum atomic E-state index is -0.979. The molecule has 1 aliphatic heterocycles. The molecule has 3 N–H and O–H groups in total. The zero-order chi connectivity index (χ0) is 10.8. The van der Waals surface area contributed by atoms with Crippen molar-refractivity contribution in [3.63, 3.8) is 0 Å². The van der Waals surface area contributed by atoms with E-state index in [2.05, 4.69) is 9.97 Å². The highest BCUT2D eigenvalue weighted by molar-refractivity contribution is 5.09. The summed E-state index contributed by atoms with van der Waals surface area (Å²) in [5.41, 5.74) is -1.01. The number of rotatable bonds is 2. The third-order valence-corrected chi connectivity index (χ3v) is 2.48. The Labute approximate surface area is 84.9 Å². The summed E-state index contributed by atoms with van der Waals surface area (Å²) < 4.78 is 5.26. The van der Waals surface area contributed by atoms with Gasteiger partial charge in [-0.25, -0.2) is 4.79 Å². The molecule has 0 amide bonds. The Morgan fingerprint density at radius 3 is 2.93 bits per heavy atom. The van der Waals surface area contributed by atoms with Crippen LogP contribution < -0.4 is 11.2 Å². The van der Waals surface area contributed by atoms with Crippen molar-refractivity contribution in [2.45, 2.75) is 25.0 Å². The molecule has 2 rings (SSSR count). The highest BCUT2D eigenvalue weighted by atomic mass is 16.5. The normalized spacial score (nSPS) is 22.9. The predicted octanol–water partition coefficient (Wildman–Crippen LogP) is -0.724. The maximum atomic E-state index is 11.3. The number of aromatic amines is 2. The van der Waals surface area contributed by atoms with Crippen LogP contribution in [0.5, 0.6) is 0 Å². The van der Waals surface area contributed by atoms with E-state index in [1.807, 2.05) is 0 Å². The van der Waals surface area contributed by atoms with Gasteiger partial charge in [-0.15, -0.1) is 0 Å². The second kappa shape index (κ2) is 4.00. The first-order valence-electron chi connectivity index (χ1n) is 4.80. The van der Waals surface area contributed by atoms with Gasteiger partial charge < -0.3 is 14.8 Å². The van der Waals surface area contributed by atoms with Gasteiger partial charge in [0.1, 0.15) is 6.10 Å². The van der Waals surface area contributed by atoms with E-state index >= 15 is 0 Å². The predicted molar refractivity (Wildman–Crippen MR) is 51.6 cm³/mol. The maximum absolute atomic E-state index is 11.3. The smallest absolute Gasteiger partial charge is 0.325 e. The van der Waals surface area contributed by atoms with Crippen molar-refractivity contribution in [1.82, 2.24) is 9.97 Å². The average molecular weight is 212 g/mol. The molecule has 1 aromatic heterocycles. The van der Waals surface area contributed by atoms with Crippen LogP contribution in [0.25, 0.3) is 0 Å². The summed E-state index contributed by atoms with van der Waals surface area (Å²) in [4.78, 5) is 26.5. The zero-order valence-electron chi connectivity index (χ0n) is 8.03. The van der Waals surface area contributed by atoms with Gasteiger partial charge in [-0.05, 0) is 12.8 Å². The average Bonchev–Trinajstić information content (AvgIpc) is 2.69. The quantitative estimate of drug-likeness (QED) is 0.602. The molecule has 1 aliphatic rings. The van der Waals surface area contributed by atoms with E-state index in [1.165, 1.54) is 6.20 Å². The molecule has 0 radical (unpaired) electrons. The van der Waals surface area contributed by atoms with E-state index in [1.54, 1.807) is 0 Å². The van der Waals surface area contributed by atoms with Crippen molar-refractivity contribution in [3.05, 3.63) is 32.6 Å². The van der Waals surface area contributed by atoms with Gasteiger partial charge in [-0.1, -0.05) is 0 Å². The van der Waals surface area contributed by atoms with Gasteiger partial charge in [0.25, 0.3) is 5.56 Å². The van der Waals surface area contributed by atoms with Crippen LogP contribution in [-0.4, -0.2) is 27.8 Å². The topological polar surface area (TPSA) is 95.2 Å². The first-order valence-corrected chi connectivity index (χ1v) is 4.80. The lowest BCUT2D eigenvalue weighted by Gasteiger charge is -2.16. The number of hydrogen-bond acceptors (Lipinski definition) is 4. The largest absolute Gasteiger partial charge is 0.385 e. The first-order chi connectivity index (χ1) is 7.18. The Hall–Kier alpha value is -1.40. The van der Waals surface area contributed by atoms with Crippen molar-refractivity contribution < 1.29 is 9.84 Å². The molecule has 1 fully saturated rings. The van der Waals surface area contributed by atoms with Gasteiger partial charge in [-0.2, -0.15) is 0 Å². The number of nitrogens with one attached hydrogen (secondary N) is 2. The number of ether oxygens (including phenoxy) is 1. The van der Waals surface area contributed by atoms with Gasteiger partial charge in [0.15, 0.2) is 0 Å². The van der Waals surface area contributed by atoms with Crippen LogP contribution in [0.1, 0.15) is 24.5 Å². The highest BCUT2D eigenvalue weighted by Crippen LogP contribution is 2.23. The maximum Gasteiger partial charge on any atom is 0.325 e. The second-order valence-corrected chi connectivity index (χ2v) is 3.52. The van der Waals surface area contributed by atoms with Crippen molar-refractivity contribution in [3.8, 4) is 0 Å². The van der Waals surface area contributed by atoms with Crippen LogP contribution in [0.3, 0.4) is 0 Å². The molecule has 2 unspecified atom stereocenters. The summed E-state index contributed by atoms with van der Waals surface area (Å²) >= 11 is 0. The van der Waals surface area contributed by atoms with E-state index in [0.717, 1.165) is 12.8 Å². The molecule has 0 bridgehead atoms. The Bertz CT molecular complexity index is 444. The molecule has 6 heteroatoms. The molecule has 82 valence electrons. The summed E-state index contributed by atoms with van der Waals surface area (Å²) in [5.74, 6) is 0. The van der Waals surface area contributed by atoms with Gasteiger partial charge in [-0.3, -0.25) is 9.78 Å². The number of aliphatic hydroxyl groups is 1. The van der Waals surface area contributed by atoms with Crippen LogP contribution in [0, 0.1) is 0 Å². The van der Waals surface area contributed by atoms with E-state index in [-0.39, 0.29) is 11.7 Å². The van der Waals surface area contributed by atoms with Crippen molar-refractivity contribution >= 4 is 0 Å². The molecule has 2 atom stereocenters. The van der Waals surface area contributed by atoms with E-state index in [0.29, 0.717) is 6.61 Å². The first kappa shape index (κ1) is 10.1. The molecule has 0 aromatic carbocycles. The van der Waals surface area contributed by atoms with Crippen molar-refractivity contribution in [2.75, 3.05) is 6.61 Å². The summed E-state index contributed by atoms with van der Waals surface area (Å²) in [7, 11) is 0. The Balaban J connectivity index is 2.28. The molecule has 2 heterocycles. The number of H-pyrrole nitrogens is 2. The third-order valence-electron chi connectivity index (χ3n) is 2.48. The third kappa shape index (κ3) is 2.00. The van der Waals surface area contributed by atoms with Crippen molar-refractivity contribution in [2.24, 2.45) is 0 Å². The second-order valence-electron chi connectivity index (χ2n) is 3.52. The minimum Gasteiger partial charge on any atom is -0.385 e. The highest BCUT2D eigenvalue weighted by Gasteiger charge is 2.27. The molecular weight excluding hydrogens is 200 g/mol. The molecule has 6 nitrogen and oxygen atoms in total. The Kier molecular flexibility index (Phi) is 2.70. The standard InChI is InChI=1S/C9H12N2O4/c12-7(6-2-1-3-15-6)5-4-10-9(14)11-8(5)13/h4,6-7,12H,1-3H2,(H2,10,11,13,14). The van der Waals surface area contributed by atoms with Crippen LogP contribution in [0.15, 0.2) is 15.8 Å². The fourth-order valence-corrected chi connectivity index (χ4v) is 1.69. The van der Waals surface area contributed by atoms with E-state index < -0.39 is 17.4 Å². The minimum absolute atomic E-state index is 0.140. The molecule has 0 saturated carbocycles. The van der Waals surface area contributed by atoms with Crippen LogP contribution >= 0.6 is 0 Å². The Morgan fingerprint density at radius 2 is 2.33 bits per heavy atom. The van der Waals surface area contributed by atoms with E-state index in [9.17, 15) is 14.7 Å². The molecule has 1 aromatic rings. The van der Waals surface area contributed by atoms with Gasteiger partial charge in [0.05, 0.1) is 11.7 Å². The lowest BCUT2D eigenvalue weighted by molar-refractivity contribution is -0.00348. The Morgan fingerprint density at radius 1 is 1.53 bits per heavy atom. The van der Waals surface area contributed by atoms with Crippen LogP contribution in [0.4, 0.5) is 0 Å². The SMILES string of the molecule is O=c1[nH]cc(C(O)C2CCCO2)c(=O)[nH]1. The van der Waals surface area contributed by atoms with Crippen LogP contribution in [-0.2, 0) is 4.74 Å². The fraction of sp³-hybridized carbons (Fsp3) is 0.556. The van der Waals surface area contributed by atoms with Gasteiger partial charge in [0, 0.05) is 12.8 Å². The summed E-state index contributed by atoms with van der Waals surface area (Å²) in [6.07, 6.45) is 1.50. The van der Waals surface area contributed by atoms with Gasteiger partial charge in [0.2, 0.25) is 0 Å². The number of hydrogen-bond donors (Lipinski definition) is 3. The van der Waals surface area contributed by atoms with Gasteiger partial charge >= 0.3 is 5.69 Å². The molecule has 1 saturated heterocycles. The summed E-state index contributed by atoms with van der Waals surface area (Å²) in [6.45, 7) is 0.600. The monoisotopic (exact) mass is 212 g/mol. The fourth-order valence-electron chi connectivity index (χ4n) is 1.69. The van der Waals surface area contributed by atoms with Crippen LogP contribution in [0.2, 0.25) is 0 Å². The lowest BCUT2D eigenvalue weighted by Crippen LogP contribution is -2.30. The van der Waals surface area contributed by atoms with E-state index in [4.69, 9.17) is 4.74 Å². The zero-order valence-corrected chi connectivity index (χ0v) is 8.03. The lowest BCUT2D eigenvalue weighted by atomic mass is 10.1. The number of aliphatic hydroxyl groups excluding tert-OH is 1.